The maximum absolute atomic E-state index is 12.7. The van der Waals surface area contributed by atoms with Crippen LogP contribution in [0.1, 0.15) is 43.8 Å². The van der Waals surface area contributed by atoms with Gasteiger partial charge in [-0.2, -0.15) is 0 Å². The predicted molar refractivity (Wildman–Crippen MR) is 98.5 cm³/mol. The van der Waals surface area contributed by atoms with E-state index >= 15 is 0 Å². The molecule has 1 fully saturated rings. The highest BCUT2D eigenvalue weighted by Crippen LogP contribution is 2.41. The van der Waals surface area contributed by atoms with Crippen LogP contribution in [0.25, 0.3) is 0 Å². The molecule has 150 valence electrons. The van der Waals surface area contributed by atoms with Crippen molar-refractivity contribution in [1.29, 1.82) is 0 Å². The maximum atomic E-state index is 12.7. The highest BCUT2D eigenvalue weighted by Gasteiger charge is 2.51. The molecule has 8 nitrogen and oxygen atoms in total. The van der Waals surface area contributed by atoms with Gasteiger partial charge in [-0.25, -0.2) is 14.6 Å². The van der Waals surface area contributed by atoms with Crippen LogP contribution in [-0.2, 0) is 23.8 Å². The van der Waals surface area contributed by atoms with E-state index in [0.717, 1.165) is 10.7 Å². The van der Waals surface area contributed by atoms with E-state index in [2.05, 4.69) is 4.98 Å². The maximum Gasteiger partial charge on any atom is 0.411 e. The molecule has 0 saturated carbocycles. The van der Waals surface area contributed by atoms with Crippen LogP contribution in [0.15, 0.2) is 5.38 Å². The summed E-state index contributed by atoms with van der Waals surface area (Å²) in [4.78, 5) is 43.1. The summed E-state index contributed by atoms with van der Waals surface area (Å²) in [7, 11) is 2.54. The third-order valence-corrected chi connectivity index (χ3v) is 5.16. The zero-order valence-corrected chi connectivity index (χ0v) is 17.3. The second kappa shape index (κ2) is 8.24. The molecule has 0 aliphatic carbocycles. The van der Waals surface area contributed by atoms with Crippen molar-refractivity contribution in [3.8, 4) is 0 Å². The molecule has 2 heterocycles. The molecule has 1 aliphatic heterocycles. The summed E-state index contributed by atoms with van der Waals surface area (Å²) in [6, 6.07) is -0.948. The minimum Gasteiger partial charge on any atom is -0.469 e. The zero-order chi connectivity index (χ0) is 20.4. The number of carbonyl (C=O) groups is 3. The highest BCUT2D eigenvalue weighted by molar-refractivity contribution is 7.09. The molecule has 0 spiro atoms. The molecule has 0 bridgehead atoms. The number of methoxy groups -OCH3 is 2. The Morgan fingerprint density at radius 3 is 2.41 bits per heavy atom. The van der Waals surface area contributed by atoms with Gasteiger partial charge in [0.05, 0.1) is 31.3 Å². The largest absolute Gasteiger partial charge is 0.469 e. The van der Waals surface area contributed by atoms with Crippen LogP contribution in [0.5, 0.6) is 0 Å². The van der Waals surface area contributed by atoms with Gasteiger partial charge in [0.25, 0.3) is 0 Å². The van der Waals surface area contributed by atoms with Gasteiger partial charge in [-0.1, -0.05) is 0 Å². The van der Waals surface area contributed by atoms with Crippen molar-refractivity contribution in [1.82, 2.24) is 9.88 Å². The van der Waals surface area contributed by atoms with Gasteiger partial charge < -0.3 is 14.2 Å². The molecule has 1 amide bonds. The number of carbonyl (C=O) groups excluding carboxylic acids is 3. The van der Waals surface area contributed by atoms with Crippen molar-refractivity contribution in [2.75, 3.05) is 20.8 Å². The summed E-state index contributed by atoms with van der Waals surface area (Å²) >= 11 is 1.47. The third-order valence-electron chi connectivity index (χ3n) is 4.37. The third kappa shape index (κ3) is 4.97. The fraction of sp³-hybridized carbons (Fsp3) is 0.667. The molecular formula is C18H26N2O6S. The van der Waals surface area contributed by atoms with Gasteiger partial charge in [-0.05, 0) is 27.7 Å². The monoisotopic (exact) mass is 398 g/mol. The van der Waals surface area contributed by atoms with Crippen LogP contribution in [0.3, 0.4) is 0 Å². The van der Waals surface area contributed by atoms with E-state index in [0.29, 0.717) is 0 Å². The number of thiazole rings is 1. The molecule has 2 rings (SSSR count). The summed E-state index contributed by atoms with van der Waals surface area (Å²) < 4.78 is 15.2. The normalized spacial score (nSPS) is 22.4. The van der Waals surface area contributed by atoms with Crippen LogP contribution < -0.4 is 0 Å². The van der Waals surface area contributed by atoms with Gasteiger partial charge in [-0.3, -0.25) is 9.69 Å². The van der Waals surface area contributed by atoms with Crippen LogP contribution in [-0.4, -0.2) is 60.3 Å². The first-order valence-electron chi connectivity index (χ1n) is 8.63. The summed E-state index contributed by atoms with van der Waals surface area (Å²) in [5, 5.41) is 2.75. The number of esters is 2. The number of nitrogens with zero attached hydrogens (tertiary/aromatic N) is 2. The Kier molecular flexibility index (Phi) is 6.46. The Morgan fingerprint density at radius 2 is 1.93 bits per heavy atom. The van der Waals surface area contributed by atoms with E-state index in [9.17, 15) is 14.4 Å². The van der Waals surface area contributed by atoms with Crippen molar-refractivity contribution in [2.45, 2.75) is 51.7 Å². The quantitative estimate of drug-likeness (QED) is 0.568. The van der Waals surface area contributed by atoms with Crippen LogP contribution in [0, 0.1) is 12.8 Å². The molecule has 1 aromatic rings. The number of hydrogen-bond acceptors (Lipinski definition) is 8. The summed E-state index contributed by atoms with van der Waals surface area (Å²) in [6.07, 6.45) is -0.654. The molecule has 3 atom stereocenters. The lowest BCUT2D eigenvalue weighted by molar-refractivity contribution is -0.148. The lowest BCUT2D eigenvalue weighted by Crippen LogP contribution is -2.46. The number of amides is 1. The number of ether oxygens (including phenoxy) is 3. The Bertz CT molecular complexity index is 711. The van der Waals surface area contributed by atoms with Gasteiger partial charge in [0.1, 0.15) is 11.6 Å². The Hall–Kier alpha value is -2.16. The van der Waals surface area contributed by atoms with Crippen molar-refractivity contribution in [3.63, 3.8) is 0 Å². The van der Waals surface area contributed by atoms with Crippen LogP contribution in [0.2, 0.25) is 0 Å². The predicted octanol–water partition coefficient (Wildman–Crippen LogP) is 2.51. The number of likely N-dealkylation sites (tertiary alicyclic amines) is 1. The smallest absolute Gasteiger partial charge is 0.411 e. The van der Waals surface area contributed by atoms with E-state index in [1.165, 1.54) is 30.5 Å². The van der Waals surface area contributed by atoms with Crippen molar-refractivity contribution >= 4 is 29.4 Å². The standard InChI is InChI=1S/C18H26N2O6S/c1-10-19-13(9-27-10)12-8-20(17(23)26-18(2,3)4)15(16(22)25-6)11(12)7-14(21)24-5/h9,11-12,15H,7-8H2,1-6H3/t11-,12+,15-/m0/s1. The summed E-state index contributed by atoms with van der Waals surface area (Å²) in [6.45, 7) is 7.34. The van der Waals surface area contributed by atoms with Gasteiger partial charge >= 0.3 is 18.0 Å². The molecule has 1 aliphatic rings. The van der Waals surface area contributed by atoms with Crippen LogP contribution in [0.4, 0.5) is 4.79 Å². The van der Waals surface area contributed by atoms with E-state index in [1.54, 1.807) is 20.8 Å². The summed E-state index contributed by atoms with van der Waals surface area (Å²) in [5.41, 5.74) is 0.0246. The minimum absolute atomic E-state index is 0.0309. The average Bonchev–Trinajstić information content (AvgIpc) is 3.16. The van der Waals surface area contributed by atoms with Crippen molar-refractivity contribution in [2.24, 2.45) is 5.92 Å². The summed E-state index contributed by atoms with van der Waals surface area (Å²) in [5.74, 6) is -1.87. The fourth-order valence-corrected chi connectivity index (χ4v) is 3.91. The first-order chi connectivity index (χ1) is 12.6. The molecule has 0 N–H and O–H groups in total. The molecule has 0 unspecified atom stereocenters. The van der Waals surface area contributed by atoms with Crippen molar-refractivity contribution in [3.05, 3.63) is 16.1 Å². The van der Waals surface area contributed by atoms with Crippen LogP contribution >= 0.6 is 11.3 Å². The lowest BCUT2D eigenvalue weighted by atomic mass is 9.86. The lowest BCUT2D eigenvalue weighted by Gasteiger charge is -2.28. The van der Waals surface area contributed by atoms with E-state index < -0.39 is 35.6 Å². The second-order valence-electron chi connectivity index (χ2n) is 7.44. The van der Waals surface area contributed by atoms with E-state index in [1.807, 2.05) is 12.3 Å². The molecule has 0 radical (unpaired) electrons. The van der Waals surface area contributed by atoms with E-state index in [4.69, 9.17) is 14.2 Å². The fourth-order valence-electron chi connectivity index (χ4n) is 3.24. The van der Waals surface area contributed by atoms with Crippen molar-refractivity contribution < 1.29 is 28.6 Å². The second-order valence-corrected chi connectivity index (χ2v) is 8.50. The van der Waals surface area contributed by atoms with E-state index in [-0.39, 0.29) is 18.9 Å². The Labute approximate surface area is 162 Å². The number of aromatic nitrogens is 1. The van der Waals surface area contributed by atoms with Gasteiger partial charge in [0.2, 0.25) is 0 Å². The SMILES string of the molecule is COC(=O)C[C@@H]1[C@@H](C(=O)OC)N(C(=O)OC(C)(C)C)C[C@H]1c1csc(C)n1. The molecule has 27 heavy (non-hydrogen) atoms. The first-order valence-corrected chi connectivity index (χ1v) is 9.51. The zero-order valence-electron chi connectivity index (χ0n) is 16.5. The highest BCUT2D eigenvalue weighted by atomic mass is 32.1. The Balaban J connectivity index is 2.42. The molecule has 0 aromatic carbocycles. The Morgan fingerprint density at radius 1 is 1.26 bits per heavy atom. The first kappa shape index (κ1) is 21.1. The average molecular weight is 398 g/mol. The number of aryl methyl sites for hydroxylation is 1. The number of rotatable bonds is 4. The topological polar surface area (TPSA) is 95.0 Å². The van der Waals surface area contributed by atoms with Gasteiger partial charge in [0, 0.05) is 23.8 Å². The van der Waals surface area contributed by atoms with Gasteiger partial charge in [-0.15, -0.1) is 11.3 Å². The minimum atomic E-state index is -0.948. The molecule has 1 aromatic heterocycles. The molecular weight excluding hydrogens is 372 g/mol. The molecule has 9 heteroatoms. The molecule has 1 saturated heterocycles. The number of hydrogen-bond donors (Lipinski definition) is 0. The van der Waals surface area contributed by atoms with Gasteiger partial charge in [0.15, 0.2) is 0 Å².